The van der Waals surface area contributed by atoms with E-state index in [0.717, 1.165) is 50.2 Å². The first kappa shape index (κ1) is 18.9. The lowest BCUT2D eigenvalue weighted by atomic mass is 9.95. The van der Waals surface area contributed by atoms with Crippen LogP contribution in [0.5, 0.6) is 0 Å². The smallest absolute Gasteiger partial charge is 0.256 e. The first-order valence-corrected chi connectivity index (χ1v) is 10.2. The maximum Gasteiger partial charge on any atom is 0.256 e. The fraction of sp³-hybridized carbons (Fsp3) is 0.500. The molecule has 4 rings (SSSR count). The molecule has 0 aliphatic carbocycles. The Morgan fingerprint density at radius 3 is 2.86 bits per heavy atom. The molecular weight excluding hydrogens is 352 g/mol. The molecule has 2 aliphatic rings. The van der Waals surface area contributed by atoms with Gasteiger partial charge < -0.3 is 14.4 Å². The molecule has 1 saturated heterocycles. The van der Waals surface area contributed by atoms with Gasteiger partial charge in [-0.05, 0) is 37.8 Å². The van der Waals surface area contributed by atoms with Crippen molar-refractivity contribution in [2.24, 2.45) is 13.0 Å². The van der Waals surface area contributed by atoms with Crippen molar-refractivity contribution in [3.8, 4) is 0 Å². The van der Waals surface area contributed by atoms with Crippen LogP contribution in [-0.4, -0.2) is 51.4 Å². The summed E-state index contributed by atoms with van der Waals surface area (Å²) in [5.41, 5.74) is 2.89. The zero-order chi connectivity index (χ0) is 19.5. The summed E-state index contributed by atoms with van der Waals surface area (Å²) < 4.78 is 1.52. The van der Waals surface area contributed by atoms with Gasteiger partial charge in [0.1, 0.15) is 0 Å². The number of piperidine rings is 1. The van der Waals surface area contributed by atoms with E-state index in [0.29, 0.717) is 19.5 Å². The van der Waals surface area contributed by atoms with E-state index in [4.69, 9.17) is 0 Å². The fourth-order valence-electron chi connectivity index (χ4n) is 4.36. The average molecular weight is 380 g/mol. The molecule has 1 unspecified atom stereocenters. The number of likely N-dealkylation sites (tertiary alicyclic amines) is 1. The Bertz CT molecular complexity index is 893. The van der Waals surface area contributed by atoms with Crippen LogP contribution < -0.4 is 5.56 Å². The van der Waals surface area contributed by atoms with Crippen LogP contribution in [0, 0.1) is 5.92 Å². The van der Waals surface area contributed by atoms with E-state index in [1.54, 1.807) is 13.4 Å². The number of aromatic nitrogens is 2. The predicted octanol–water partition coefficient (Wildman–Crippen LogP) is 1.62. The Morgan fingerprint density at radius 1 is 1.21 bits per heavy atom. The number of carbonyl (C=O) groups excluding carboxylic acids is 1. The summed E-state index contributed by atoms with van der Waals surface area (Å²) in [7, 11) is 1.72. The van der Waals surface area contributed by atoms with Gasteiger partial charge in [0.05, 0.1) is 24.5 Å². The van der Waals surface area contributed by atoms with Crippen LogP contribution in [0.25, 0.3) is 0 Å². The largest absolute Gasteiger partial charge is 0.336 e. The highest BCUT2D eigenvalue weighted by atomic mass is 16.2. The van der Waals surface area contributed by atoms with Gasteiger partial charge in [0.25, 0.3) is 5.56 Å². The summed E-state index contributed by atoms with van der Waals surface area (Å²) in [5, 5.41) is 0. The number of fused-ring (bicyclic) bond motifs is 1. The van der Waals surface area contributed by atoms with Crippen molar-refractivity contribution in [3.63, 3.8) is 0 Å². The molecule has 6 heteroatoms. The first-order valence-electron chi connectivity index (χ1n) is 10.2. The molecule has 0 N–H and O–H groups in total. The van der Waals surface area contributed by atoms with Gasteiger partial charge >= 0.3 is 0 Å². The third-order valence-electron chi connectivity index (χ3n) is 6.01. The minimum absolute atomic E-state index is 0.0156. The molecule has 0 spiro atoms. The molecular formula is C22H28N4O2. The Morgan fingerprint density at radius 2 is 2.04 bits per heavy atom. The molecule has 1 amide bonds. The van der Waals surface area contributed by atoms with Gasteiger partial charge in [-0.1, -0.05) is 30.3 Å². The zero-order valence-electron chi connectivity index (χ0n) is 16.5. The standard InChI is InChI=1S/C22H28N4O2/c1-24-16-23-20-15-26(13-10-19(20)22(24)28)21(27)18-8-5-11-25(14-18)12-9-17-6-3-2-4-7-17/h2-4,6-7,16,18H,5,8-15H2,1H3. The van der Waals surface area contributed by atoms with Crippen molar-refractivity contribution in [2.45, 2.75) is 32.2 Å². The van der Waals surface area contributed by atoms with Gasteiger partial charge in [0, 0.05) is 32.2 Å². The van der Waals surface area contributed by atoms with Gasteiger partial charge in [-0.2, -0.15) is 0 Å². The van der Waals surface area contributed by atoms with Crippen LogP contribution >= 0.6 is 0 Å². The van der Waals surface area contributed by atoms with Crippen molar-refractivity contribution >= 4 is 5.91 Å². The molecule has 0 bridgehead atoms. The lowest BCUT2D eigenvalue weighted by molar-refractivity contribution is -0.138. The highest BCUT2D eigenvalue weighted by Gasteiger charge is 2.31. The molecule has 0 radical (unpaired) electrons. The number of benzene rings is 1. The molecule has 3 heterocycles. The van der Waals surface area contributed by atoms with Gasteiger partial charge in [-0.15, -0.1) is 0 Å². The van der Waals surface area contributed by atoms with Crippen molar-refractivity contribution in [3.05, 3.63) is 63.8 Å². The number of carbonyl (C=O) groups is 1. The minimum atomic E-state index is 0.0156. The molecule has 1 aromatic carbocycles. The summed E-state index contributed by atoms with van der Waals surface area (Å²) in [6.07, 6.45) is 5.20. The van der Waals surface area contributed by atoms with Gasteiger partial charge in [-0.3, -0.25) is 9.59 Å². The van der Waals surface area contributed by atoms with Gasteiger partial charge in [0.15, 0.2) is 0 Å². The molecule has 1 atom stereocenters. The van der Waals surface area contributed by atoms with Crippen molar-refractivity contribution in [2.75, 3.05) is 26.2 Å². The lowest BCUT2D eigenvalue weighted by Gasteiger charge is -2.36. The highest BCUT2D eigenvalue weighted by molar-refractivity contribution is 5.79. The fourth-order valence-corrected chi connectivity index (χ4v) is 4.36. The molecule has 2 aromatic rings. The number of aryl methyl sites for hydroxylation is 1. The SMILES string of the molecule is Cn1cnc2c(c1=O)CCN(C(=O)C1CCCN(CCc3ccccc3)C1)C2. The van der Waals surface area contributed by atoms with E-state index in [2.05, 4.69) is 34.1 Å². The first-order chi connectivity index (χ1) is 13.6. The minimum Gasteiger partial charge on any atom is -0.336 e. The number of rotatable bonds is 4. The molecule has 148 valence electrons. The van der Waals surface area contributed by atoms with E-state index >= 15 is 0 Å². The molecule has 1 aromatic heterocycles. The van der Waals surface area contributed by atoms with Gasteiger partial charge in [0.2, 0.25) is 5.91 Å². The second-order valence-electron chi connectivity index (χ2n) is 7.97. The highest BCUT2D eigenvalue weighted by Crippen LogP contribution is 2.22. The topological polar surface area (TPSA) is 58.4 Å². The maximum atomic E-state index is 13.1. The summed E-state index contributed by atoms with van der Waals surface area (Å²) in [6.45, 7) is 3.97. The number of nitrogens with zero attached hydrogens (tertiary/aromatic N) is 4. The Balaban J connectivity index is 1.36. The summed E-state index contributed by atoms with van der Waals surface area (Å²) in [5.74, 6) is 0.273. The van der Waals surface area contributed by atoms with Crippen LogP contribution in [0.2, 0.25) is 0 Å². The van der Waals surface area contributed by atoms with Gasteiger partial charge in [-0.25, -0.2) is 4.98 Å². The Hall–Kier alpha value is -2.47. The average Bonchev–Trinajstić information content (AvgIpc) is 2.75. The summed E-state index contributed by atoms with van der Waals surface area (Å²) in [4.78, 5) is 34.1. The molecule has 6 nitrogen and oxygen atoms in total. The van der Waals surface area contributed by atoms with Crippen LogP contribution in [0.15, 0.2) is 41.5 Å². The number of hydrogen-bond donors (Lipinski definition) is 0. The third-order valence-corrected chi connectivity index (χ3v) is 6.01. The number of amides is 1. The molecule has 0 saturated carbocycles. The molecule has 1 fully saturated rings. The van der Waals surface area contributed by atoms with E-state index in [1.807, 2.05) is 11.0 Å². The van der Waals surface area contributed by atoms with Crippen molar-refractivity contribution in [1.82, 2.24) is 19.4 Å². The number of hydrogen-bond acceptors (Lipinski definition) is 4. The molecule has 2 aliphatic heterocycles. The van der Waals surface area contributed by atoms with E-state index in [1.165, 1.54) is 10.1 Å². The van der Waals surface area contributed by atoms with E-state index in [9.17, 15) is 9.59 Å². The second kappa shape index (κ2) is 8.27. The monoisotopic (exact) mass is 380 g/mol. The van der Waals surface area contributed by atoms with E-state index < -0.39 is 0 Å². The third kappa shape index (κ3) is 4.02. The van der Waals surface area contributed by atoms with Crippen LogP contribution in [0.3, 0.4) is 0 Å². The zero-order valence-corrected chi connectivity index (χ0v) is 16.5. The van der Waals surface area contributed by atoms with Crippen LogP contribution in [-0.2, 0) is 31.2 Å². The Kier molecular flexibility index (Phi) is 5.57. The quantitative estimate of drug-likeness (QED) is 0.809. The summed E-state index contributed by atoms with van der Waals surface area (Å²) in [6, 6.07) is 10.5. The lowest BCUT2D eigenvalue weighted by Crippen LogP contribution is -2.47. The second-order valence-corrected chi connectivity index (χ2v) is 7.97. The van der Waals surface area contributed by atoms with E-state index in [-0.39, 0.29) is 17.4 Å². The van der Waals surface area contributed by atoms with Crippen molar-refractivity contribution in [1.29, 1.82) is 0 Å². The summed E-state index contributed by atoms with van der Waals surface area (Å²) >= 11 is 0. The van der Waals surface area contributed by atoms with Crippen molar-refractivity contribution < 1.29 is 4.79 Å². The van der Waals surface area contributed by atoms with Crippen LogP contribution in [0.1, 0.15) is 29.7 Å². The van der Waals surface area contributed by atoms with Crippen LogP contribution in [0.4, 0.5) is 0 Å². The maximum absolute atomic E-state index is 13.1. The normalized spacial score (nSPS) is 20.0. The molecule has 28 heavy (non-hydrogen) atoms. The Labute approximate surface area is 165 Å². The predicted molar refractivity (Wildman–Crippen MR) is 108 cm³/mol.